The smallest absolute Gasteiger partial charge is 0.366 e. The zero-order chi connectivity index (χ0) is 21.6. The number of hydrogen-bond acceptors (Lipinski definition) is 6. The summed E-state index contributed by atoms with van der Waals surface area (Å²) in [6.45, 7) is 5.06. The standard InChI is InChI=1S/C18H22F4N6O/c1-17(2,3)15-14(19)16(24-10-23-15)26(4)12-7-27(8-12)11-5-13(29)28(25-6-11)9-18(20,21)22/h5-6,10,12H,7-9H2,1-4H3. The summed E-state index contributed by atoms with van der Waals surface area (Å²) in [5, 5.41) is 3.60. The molecule has 0 N–H and O–H groups in total. The maximum Gasteiger partial charge on any atom is 0.408 e. The second-order valence-corrected chi connectivity index (χ2v) is 8.10. The van der Waals surface area contributed by atoms with Crippen LogP contribution in [-0.4, -0.2) is 52.1 Å². The van der Waals surface area contributed by atoms with Crippen molar-refractivity contribution in [1.29, 1.82) is 0 Å². The lowest BCUT2D eigenvalue weighted by molar-refractivity contribution is -0.143. The van der Waals surface area contributed by atoms with Crippen LogP contribution in [0.4, 0.5) is 29.1 Å². The molecule has 0 aromatic carbocycles. The van der Waals surface area contributed by atoms with Gasteiger partial charge in [0.2, 0.25) is 0 Å². The molecule has 0 radical (unpaired) electrons. The fourth-order valence-electron chi connectivity index (χ4n) is 3.10. The van der Waals surface area contributed by atoms with Crippen LogP contribution in [0.25, 0.3) is 0 Å². The van der Waals surface area contributed by atoms with E-state index in [0.717, 1.165) is 6.07 Å². The van der Waals surface area contributed by atoms with Crippen molar-refractivity contribution in [1.82, 2.24) is 19.7 Å². The highest BCUT2D eigenvalue weighted by Gasteiger charge is 2.34. The van der Waals surface area contributed by atoms with Gasteiger partial charge in [0, 0.05) is 31.6 Å². The van der Waals surface area contributed by atoms with Crippen molar-refractivity contribution in [3.63, 3.8) is 0 Å². The Kier molecular flexibility index (Phi) is 5.26. The first-order valence-electron chi connectivity index (χ1n) is 8.99. The number of aromatic nitrogens is 4. The average molecular weight is 414 g/mol. The summed E-state index contributed by atoms with van der Waals surface area (Å²) in [5.41, 5.74) is -0.548. The molecule has 1 aliphatic heterocycles. The molecule has 0 spiro atoms. The topological polar surface area (TPSA) is 67.2 Å². The number of anilines is 2. The molecule has 0 aliphatic carbocycles. The van der Waals surface area contributed by atoms with E-state index in [0.29, 0.717) is 29.2 Å². The van der Waals surface area contributed by atoms with Crippen LogP contribution in [0.15, 0.2) is 23.4 Å². The fourth-order valence-corrected chi connectivity index (χ4v) is 3.10. The predicted molar refractivity (Wildman–Crippen MR) is 99.6 cm³/mol. The number of hydrogen-bond donors (Lipinski definition) is 0. The van der Waals surface area contributed by atoms with Gasteiger partial charge in [0.25, 0.3) is 5.56 Å². The van der Waals surface area contributed by atoms with E-state index in [1.165, 1.54) is 12.5 Å². The van der Waals surface area contributed by atoms with Gasteiger partial charge in [0.1, 0.15) is 12.9 Å². The Bertz CT molecular complexity index is 947. The van der Waals surface area contributed by atoms with Gasteiger partial charge in [-0.05, 0) is 0 Å². The summed E-state index contributed by atoms with van der Waals surface area (Å²) >= 11 is 0. The molecule has 29 heavy (non-hydrogen) atoms. The molecule has 2 aromatic heterocycles. The molecule has 0 saturated carbocycles. The van der Waals surface area contributed by atoms with Crippen molar-refractivity contribution in [3.8, 4) is 0 Å². The van der Waals surface area contributed by atoms with Gasteiger partial charge >= 0.3 is 6.18 Å². The molecule has 3 rings (SSSR count). The van der Waals surface area contributed by atoms with Crippen LogP contribution < -0.4 is 15.4 Å². The Balaban J connectivity index is 1.70. The van der Waals surface area contributed by atoms with Crippen molar-refractivity contribution in [2.45, 2.75) is 44.9 Å². The van der Waals surface area contributed by atoms with Crippen molar-refractivity contribution in [3.05, 3.63) is 40.5 Å². The first kappa shape index (κ1) is 21.0. The van der Waals surface area contributed by atoms with Gasteiger partial charge < -0.3 is 9.80 Å². The van der Waals surface area contributed by atoms with Crippen molar-refractivity contribution in [2.24, 2.45) is 0 Å². The second kappa shape index (κ2) is 7.27. The quantitative estimate of drug-likeness (QED) is 0.716. The molecular formula is C18H22F4N6O. The molecule has 1 aliphatic rings. The third-order valence-electron chi connectivity index (χ3n) is 4.77. The van der Waals surface area contributed by atoms with Gasteiger partial charge in [-0.2, -0.15) is 18.3 Å². The van der Waals surface area contributed by atoms with Gasteiger partial charge in [0.05, 0.1) is 23.6 Å². The van der Waals surface area contributed by atoms with E-state index in [1.807, 2.05) is 20.8 Å². The molecule has 0 unspecified atom stereocenters. The Hall–Kier alpha value is -2.72. The molecule has 1 fully saturated rings. The predicted octanol–water partition coefficient (Wildman–Crippen LogP) is 2.36. The van der Waals surface area contributed by atoms with Crippen LogP contribution in [-0.2, 0) is 12.0 Å². The number of rotatable bonds is 4. The number of nitrogens with zero attached hydrogens (tertiary/aromatic N) is 6. The molecule has 1 saturated heterocycles. The van der Waals surface area contributed by atoms with E-state index in [4.69, 9.17) is 0 Å². The lowest BCUT2D eigenvalue weighted by Gasteiger charge is -2.45. The molecule has 158 valence electrons. The van der Waals surface area contributed by atoms with E-state index in [9.17, 15) is 22.4 Å². The van der Waals surface area contributed by atoms with Crippen LogP contribution in [0.3, 0.4) is 0 Å². The Labute approximate surface area is 165 Å². The minimum atomic E-state index is -4.52. The molecule has 3 heterocycles. The number of halogens is 4. The first-order chi connectivity index (χ1) is 13.4. The monoisotopic (exact) mass is 414 g/mol. The molecule has 0 amide bonds. The Morgan fingerprint density at radius 1 is 1.21 bits per heavy atom. The molecule has 0 atom stereocenters. The van der Waals surface area contributed by atoms with Gasteiger partial charge in [-0.15, -0.1) is 0 Å². The first-order valence-corrected chi connectivity index (χ1v) is 8.99. The third kappa shape index (κ3) is 4.48. The van der Waals surface area contributed by atoms with Crippen LogP contribution in [0, 0.1) is 5.82 Å². The van der Waals surface area contributed by atoms with Crippen LogP contribution >= 0.6 is 0 Å². The zero-order valence-electron chi connectivity index (χ0n) is 16.5. The van der Waals surface area contributed by atoms with E-state index in [2.05, 4.69) is 15.1 Å². The molecule has 2 aromatic rings. The lowest BCUT2D eigenvalue weighted by atomic mass is 9.91. The van der Waals surface area contributed by atoms with Gasteiger partial charge in [0.15, 0.2) is 11.6 Å². The minimum absolute atomic E-state index is 0.0789. The molecule has 7 nitrogen and oxygen atoms in total. The van der Waals surface area contributed by atoms with E-state index < -0.39 is 29.5 Å². The van der Waals surface area contributed by atoms with E-state index >= 15 is 0 Å². The lowest BCUT2D eigenvalue weighted by Crippen LogP contribution is -2.59. The summed E-state index contributed by atoms with van der Waals surface area (Å²) in [6.07, 6.45) is -1.96. The van der Waals surface area contributed by atoms with E-state index in [1.54, 1.807) is 16.8 Å². The van der Waals surface area contributed by atoms with Crippen LogP contribution in [0.2, 0.25) is 0 Å². The SMILES string of the molecule is CN(c1ncnc(C(C)(C)C)c1F)C1CN(c2cnn(CC(F)(F)F)c(=O)c2)C1. The average Bonchev–Trinajstić information content (AvgIpc) is 2.53. The summed E-state index contributed by atoms with van der Waals surface area (Å²) < 4.78 is 52.5. The van der Waals surface area contributed by atoms with Crippen molar-refractivity contribution in [2.75, 3.05) is 29.9 Å². The normalized spacial score (nSPS) is 15.4. The highest BCUT2D eigenvalue weighted by atomic mass is 19.4. The van der Waals surface area contributed by atoms with Crippen molar-refractivity contribution < 1.29 is 17.6 Å². The van der Waals surface area contributed by atoms with E-state index in [-0.39, 0.29) is 11.9 Å². The highest BCUT2D eigenvalue weighted by Crippen LogP contribution is 2.30. The number of alkyl halides is 3. The van der Waals surface area contributed by atoms with Gasteiger partial charge in [-0.1, -0.05) is 20.8 Å². The number of likely N-dealkylation sites (N-methyl/N-ethyl adjacent to an activating group) is 1. The van der Waals surface area contributed by atoms with Crippen LogP contribution in [0.5, 0.6) is 0 Å². The van der Waals surface area contributed by atoms with Gasteiger partial charge in [-0.25, -0.2) is 19.0 Å². The summed E-state index contributed by atoms with van der Waals surface area (Å²) in [5.74, 6) is -0.286. The maximum atomic E-state index is 14.9. The highest BCUT2D eigenvalue weighted by molar-refractivity contribution is 5.51. The second-order valence-electron chi connectivity index (χ2n) is 8.10. The molecular weight excluding hydrogens is 392 g/mol. The van der Waals surface area contributed by atoms with Gasteiger partial charge in [-0.3, -0.25) is 4.79 Å². The maximum absolute atomic E-state index is 14.9. The van der Waals surface area contributed by atoms with Crippen LogP contribution in [0.1, 0.15) is 26.5 Å². The van der Waals surface area contributed by atoms with Crippen molar-refractivity contribution >= 4 is 11.5 Å². The summed E-state index contributed by atoms with van der Waals surface area (Å²) in [7, 11) is 1.72. The Morgan fingerprint density at radius 2 is 1.86 bits per heavy atom. The third-order valence-corrected chi connectivity index (χ3v) is 4.77. The largest absolute Gasteiger partial charge is 0.408 e. The fraction of sp³-hybridized carbons (Fsp3) is 0.556. The summed E-state index contributed by atoms with van der Waals surface area (Å²) in [4.78, 5) is 23.5. The molecule has 0 bridgehead atoms. The zero-order valence-corrected chi connectivity index (χ0v) is 16.5. The summed E-state index contributed by atoms with van der Waals surface area (Å²) in [6, 6.07) is 1.04. The molecule has 11 heteroatoms. The Morgan fingerprint density at radius 3 is 2.41 bits per heavy atom. The minimum Gasteiger partial charge on any atom is -0.366 e.